The van der Waals surface area contributed by atoms with Gasteiger partial charge < -0.3 is 19.9 Å². The molecule has 0 aromatic heterocycles. The summed E-state index contributed by atoms with van der Waals surface area (Å²) in [6.45, 7) is 4.61. The van der Waals surface area contributed by atoms with Crippen LogP contribution in [-0.2, 0) is 10.2 Å². The number of carbonyl (C=O) groups is 2. The molecule has 0 radical (unpaired) electrons. The highest BCUT2D eigenvalue weighted by atomic mass is 16.6. The first kappa shape index (κ1) is 23.1. The van der Waals surface area contributed by atoms with Gasteiger partial charge >= 0.3 is 12.1 Å². The van der Waals surface area contributed by atoms with Crippen molar-refractivity contribution in [2.24, 2.45) is 5.92 Å². The van der Waals surface area contributed by atoms with Gasteiger partial charge in [0.25, 0.3) is 0 Å². The van der Waals surface area contributed by atoms with Gasteiger partial charge in [0.2, 0.25) is 0 Å². The van der Waals surface area contributed by atoms with E-state index in [0.717, 1.165) is 38.8 Å². The summed E-state index contributed by atoms with van der Waals surface area (Å²) in [5.74, 6) is 0.647. The second-order valence-electron chi connectivity index (χ2n) is 11.8. The molecule has 1 N–H and O–H groups in total. The molecule has 190 valence electrons. The monoisotopic (exact) mass is 480 g/mol. The van der Waals surface area contributed by atoms with Crippen molar-refractivity contribution in [3.8, 4) is 0 Å². The van der Waals surface area contributed by atoms with Gasteiger partial charge in [-0.25, -0.2) is 9.59 Å². The lowest BCUT2D eigenvalue weighted by molar-refractivity contribution is 0.0991. The van der Waals surface area contributed by atoms with Crippen molar-refractivity contribution in [1.82, 2.24) is 20.0 Å². The molecular formula is C28H40N4O3. The van der Waals surface area contributed by atoms with Crippen molar-refractivity contribution in [1.29, 1.82) is 0 Å². The molecular weight excluding hydrogens is 440 g/mol. The average Bonchev–Trinajstić information content (AvgIpc) is 3.12. The molecule has 5 aliphatic rings. The fraction of sp³-hybridized carbons (Fsp3) is 0.714. The number of rotatable bonds is 3. The molecule has 7 nitrogen and oxygen atoms in total. The highest BCUT2D eigenvalue weighted by molar-refractivity contribution is 5.75. The second kappa shape index (κ2) is 8.39. The Labute approximate surface area is 209 Å². The number of likely N-dealkylation sites (tertiary alicyclic amines) is 2. The van der Waals surface area contributed by atoms with Crippen molar-refractivity contribution in [2.45, 2.75) is 87.4 Å². The highest BCUT2D eigenvalue weighted by Crippen LogP contribution is 2.65. The van der Waals surface area contributed by atoms with E-state index in [-0.39, 0.29) is 29.1 Å². The van der Waals surface area contributed by atoms with E-state index < -0.39 is 0 Å². The van der Waals surface area contributed by atoms with Gasteiger partial charge in [-0.2, -0.15) is 0 Å². The van der Waals surface area contributed by atoms with Gasteiger partial charge in [-0.15, -0.1) is 0 Å². The predicted octanol–water partition coefficient (Wildman–Crippen LogP) is 4.28. The van der Waals surface area contributed by atoms with Crippen LogP contribution in [0.25, 0.3) is 0 Å². The molecule has 3 aliphatic carbocycles. The minimum Gasteiger partial charge on any atom is -0.450 e. The number of carbonyl (C=O) groups excluding carboxylic acids is 2. The van der Waals surface area contributed by atoms with Gasteiger partial charge in [-0.1, -0.05) is 24.3 Å². The van der Waals surface area contributed by atoms with Crippen molar-refractivity contribution in [3.63, 3.8) is 0 Å². The zero-order chi connectivity index (χ0) is 24.4. The quantitative estimate of drug-likeness (QED) is 0.656. The number of piperidine rings is 2. The fourth-order valence-corrected chi connectivity index (χ4v) is 8.41. The van der Waals surface area contributed by atoms with Crippen LogP contribution in [0.1, 0.15) is 75.5 Å². The van der Waals surface area contributed by atoms with Crippen molar-refractivity contribution < 1.29 is 14.3 Å². The van der Waals surface area contributed by atoms with Crippen LogP contribution in [-0.4, -0.2) is 78.2 Å². The lowest BCUT2D eigenvalue weighted by Crippen LogP contribution is -2.49. The lowest BCUT2D eigenvalue weighted by Gasteiger charge is -2.48. The van der Waals surface area contributed by atoms with E-state index in [2.05, 4.69) is 39.4 Å². The number of amides is 3. The van der Waals surface area contributed by atoms with Gasteiger partial charge in [0.1, 0.15) is 0 Å². The summed E-state index contributed by atoms with van der Waals surface area (Å²) >= 11 is 0. The van der Waals surface area contributed by atoms with Crippen LogP contribution in [0.15, 0.2) is 24.3 Å². The van der Waals surface area contributed by atoms with Crippen LogP contribution in [0.2, 0.25) is 0 Å². The number of benzene rings is 1. The summed E-state index contributed by atoms with van der Waals surface area (Å²) in [5.41, 5.74) is 3.08. The molecule has 7 heteroatoms. The number of fused-ring (bicyclic) bond motifs is 2. The Morgan fingerprint density at radius 1 is 1.11 bits per heavy atom. The summed E-state index contributed by atoms with van der Waals surface area (Å²) in [5, 5.41) is 3.24. The second-order valence-corrected chi connectivity index (χ2v) is 11.8. The van der Waals surface area contributed by atoms with Crippen molar-refractivity contribution in [3.05, 3.63) is 35.4 Å². The number of hydrogen-bond acceptors (Lipinski definition) is 4. The maximum Gasteiger partial charge on any atom is 0.410 e. The minimum absolute atomic E-state index is 0.0167. The van der Waals surface area contributed by atoms with E-state index in [0.29, 0.717) is 24.6 Å². The number of nitrogens with zero attached hydrogens (tertiary/aromatic N) is 3. The zero-order valence-corrected chi connectivity index (χ0v) is 21.5. The molecule has 0 bridgehead atoms. The lowest BCUT2D eigenvalue weighted by atomic mass is 9.63. The SMILES string of the molecule is CCOC(=O)N1C2CCC3CC(N4CCC5(CC[C@@H](NC(=O)N(C)C)c6ccccc65)CC4)CC321. The van der Waals surface area contributed by atoms with E-state index >= 15 is 0 Å². The van der Waals surface area contributed by atoms with Crippen LogP contribution in [0.5, 0.6) is 0 Å². The van der Waals surface area contributed by atoms with E-state index in [1.54, 1.807) is 19.0 Å². The summed E-state index contributed by atoms with van der Waals surface area (Å²) in [6, 6.07) is 9.90. The average molecular weight is 481 g/mol. The summed E-state index contributed by atoms with van der Waals surface area (Å²) in [4.78, 5) is 31.4. The molecule has 2 saturated carbocycles. The van der Waals surface area contributed by atoms with Gasteiger partial charge in [-0.3, -0.25) is 4.90 Å². The standard InChI is InChI=1S/C28H40N4O3/c1-4-35-26(34)32-24-10-9-19-17-20(18-28(19,24)32)31-15-13-27(14-16-31)12-11-23(29-25(33)30(2)3)21-7-5-6-8-22(21)27/h5-8,19-20,23-24H,4,9-18H2,1-3H3,(H,29,33)/t19?,20?,23-,24?,28?,32?/m1/s1. The Balaban J connectivity index is 1.14. The molecule has 2 saturated heterocycles. The molecule has 4 fully saturated rings. The smallest absolute Gasteiger partial charge is 0.410 e. The van der Waals surface area contributed by atoms with Crippen molar-refractivity contribution in [2.75, 3.05) is 33.8 Å². The van der Waals surface area contributed by atoms with E-state index in [4.69, 9.17) is 4.74 Å². The summed E-state index contributed by atoms with van der Waals surface area (Å²) < 4.78 is 5.38. The normalized spacial score (nSPS) is 34.7. The third-order valence-corrected chi connectivity index (χ3v) is 10.1. The number of urea groups is 1. The molecule has 1 aromatic rings. The molecule has 5 atom stereocenters. The Kier molecular flexibility index (Phi) is 5.55. The van der Waals surface area contributed by atoms with E-state index in [1.165, 1.54) is 36.8 Å². The van der Waals surface area contributed by atoms with E-state index in [9.17, 15) is 9.59 Å². The fourth-order valence-electron chi connectivity index (χ4n) is 8.41. The van der Waals surface area contributed by atoms with Crippen LogP contribution in [0, 0.1) is 5.92 Å². The Bertz CT molecular complexity index is 1000. The molecule has 2 aliphatic heterocycles. The zero-order valence-electron chi connectivity index (χ0n) is 21.5. The van der Waals surface area contributed by atoms with Crippen LogP contribution < -0.4 is 5.32 Å². The largest absolute Gasteiger partial charge is 0.450 e. The minimum atomic E-state index is -0.0878. The van der Waals surface area contributed by atoms with Crippen LogP contribution >= 0.6 is 0 Å². The first-order valence-electron chi connectivity index (χ1n) is 13.7. The van der Waals surface area contributed by atoms with Gasteiger partial charge in [0.15, 0.2) is 0 Å². The molecule has 4 unspecified atom stereocenters. The van der Waals surface area contributed by atoms with E-state index in [1.807, 2.05) is 6.92 Å². The highest BCUT2D eigenvalue weighted by Gasteiger charge is 2.75. The summed E-state index contributed by atoms with van der Waals surface area (Å²) in [7, 11) is 3.60. The molecule has 1 aromatic carbocycles. The molecule has 3 amide bonds. The molecule has 35 heavy (non-hydrogen) atoms. The van der Waals surface area contributed by atoms with Crippen LogP contribution in [0.3, 0.4) is 0 Å². The number of nitrogens with one attached hydrogen (secondary N) is 1. The first-order chi connectivity index (χ1) is 16.9. The van der Waals surface area contributed by atoms with Crippen LogP contribution in [0.4, 0.5) is 9.59 Å². The number of hydrogen-bond donors (Lipinski definition) is 1. The van der Waals surface area contributed by atoms with Gasteiger partial charge in [0, 0.05) is 20.1 Å². The third kappa shape index (κ3) is 3.48. The Morgan fingerprint density at radius 2 is 1.89 bits per heavy atom. The summed E-state index contributed by atoms with van der Waals surface area (Å²) in [6.07, 6.45) is 9.18. The van der Waals surface area contributed by atoms with Gasteiger partial charge in [-0.05, 0) is 93.8 Å². The third-order valence-electron chi connectivity index (χ3n) is 10.1. The topological polar surface area (TPSA) is 64.9 Å². The molecule has 2 heterocycles. The molecule has 2 spiro atoms. The molecule has 6 rings (SSSR count). The maximum absolute atomic E-state index is 12.6. The first-order valence-corrected chi connectivity index (χ1v) is 13.7. The number of ether oxygens (including phenoxy) is 1. The Morgan fingerprint density at radius 3 is 2.63 bits per heavy atom. The van der Waals surface area contributed by atoms with Gasteiger partial charge in [0.05, 0.1) is 24.2 Å². The Hall–Kier alpha value is -2.28. The van der Waals surface area contributed by atoms with Crippen molar-refractivity contribution >= 4 is 12.1 Å². The predicted molar refractivity (Wildman–Crippen MR) is 134 cm³/mol. The maximum atomic E-state index is 12.6.